The molecule has 1 aliphatic rings. The smallest absolute Gasteiger partial charge is 0.235 e. The molecule has 0 bridgehead atoms. The number of anilines is 1. The van der Waals surface area contributed by atoms with Crippen LogP contribution in [0.5, 0.6) is 0 Å². The molecule has 17 heavy (non-hydrogen) atoms. The largest absolute Gasteiger partial charge is 0.317 e. The molecule has 1 aliphatic heterocycles. The highest BCUT2D eigenvalue weighted by Gasteiger charge is 2.27. The number of halogens is 1. The van der Waals surface area contributed by atoms with Crippen LogP contribution in [0.15, 0.2) is 24.3 Å². The van der Waals surface area contributed by atoms with Gasteiger partial charge in [-0.3, -0.25) is 4.72 Å². The van der Waals surface area contributed by atoms with Crippen molar-refractivity contribution >= 4 is 27.3 Å². The lowest BCUT2D eigenvalue weighted by Gasteiger charge is -2.23. The number of benzene rings is 1. The van der Waals surface area contributed by atoms with Crippen LogP contribution in [0.3, 0.4) is 0 Å². The van der Waals surface area contributed by atoms with Crippen molar-refractivity contribution in [3.05, 3.63) is 29.3 Å². The molecule has 1 fully saturated rings. The lowest BCUT2D eigenvalue weighted by Crippen LogP contribution is -2.38. The Bertz CT molecular complexity index is 484. The maximum atomic E-state index is 12.1. The Morgan fingerprint density at radius 3 is 2.53 bits per heavy atom. The number of para-hydroxylation sites is 1. The van der Waals surface area contributed by atoms with Gasteiger partial charge in [-0.25, -0.2) is 8.42 Å². The molecule has 1 saturated heterocycles. The van der Waals surface area contributed by atoms with Crippen molar-refractivity contribution in [2.75, 3.05) is 17.8 Å². The lowest BCUT2D eigenvalue weighted by atomic mass is 10.2. The number of hydrogen-bond acceptors (Lipinski definition) is 3. The van der Waals surface area contributed by atoms with Gasteiger partial charge in [-0.05, 0) is 38.1 Å². The normalized spacial score (nSPS) is 17.9. The molecule has 2 N–H and O–H groups in total. The van der Waals surface area contributed by atoms with Crippen LogP contribution in [0.4, 0.5) is 5.69 Å². The van der Waals surface area contributed by atoms with Gasteiger partial charge in [0, 0.05) is 0 Å². The van der Waals surface area contributed by atoms with E-state index in [0.29, 0.717) is 23.6 Å². The molecule has 0 aliphatic carbocycles. The highest BCUT2D eigenvalue weighted by Crippen LogP contribution is 2.24. The van der Waals surface area contributed by atoms with Crippen LogP contribution in [-0.2, 0) is 10.0 Å². The zero-order valence-corrected chi connectivity index (χ0v) is 10.9. The van der Waals surface area contributed by atoms with E-state index >= 15 is 0 Å². The number of rotatable bonds is 3. The van der Waals surface area contributed by atoms with E-state index in [1.54, 1.807) is 24.3 Å². The summed E-state index contributed by atoms with van der Waals surface area (Å²) in [4.78, 5) is 0. The lowest BCUT2D eigenvalue weighted by molar-refractivity contribution is 0.499. The molecule has 0 spiro atoms. The number of hydrogen-bond donors (Lipinski definition) is 2. The van der Waals surface area contributed by atoms with E-state index in [1.165, 1.54) is 0 Å². The Kier molecular flexibility index (Phi) is 3.91. The van der Waals surface area contributed by atoms with Crippen LogP contribution in [-0.4, -0.2) is 26.8 Å². The zero-order valence-electron chi connectivity index (χ0n) is 9.32. The van der Waals surface area contributed by atoms with Gasteiger partial charge >= 0.3 is 0 Å². The molecule has 0 saturated carbocycles. The van der Waals surface area contributed by atoms with Crippen LogP contribution >= 0.6 is 11.6 Å². The minimum atomic E-state index is -3.33. The number of nitrogens with one attached hydrogen (secondary N) is 2. The molecule has 0 unspecified atom stereocenters. The summed E-state index contributed by atoms with van der Waals surface area (Å²) in [6, 6.07) is 6.86. The summed E-state index contributed by atoms with van der Waals surface area (Å²) < 4.78 is 26.8. The summed E-state index contributed by atoms with van der Waals surface area (Å²) in [5.41, 5.74) is 0.452. The first kappa shape index (κ1) is 12.7. The second-order valence-corrected chi connectivity index (χ2v) is 6.44. The first-order valence-electron chi connectivity index (χ1n) is 5.56. The average molecular weight is 275 g/mol. The summed E-state index contributed by atoms with van der Waals surface area (Å²) >= 11 is 5.93. The summed E-state index contributed by atoms with van der Waals surface area (Å²) in [5, 5.41) is 3.23. The van der Waals surface area contributed by atoms with Gasteiger partial charge in [-0.1, -0.05) is 23.7 Å². The summed E-state index contributed by atoms with van der Waals surface area (Å²) in [6.45, 7) is 1.49. The molecule has 0 amide bonds. The third-order valence-corrected chi connectivity index (χ3v) is 5.03. The molecule has 1 heterocycles. The van der Waals surface area contributed by atoms with Gasteiger partial charge in [0.15, 0.2) is 0 Å². The molecule has 0 atom stereocenters. The van der Waals surface area contributed by atoms with Crippen molar-refractivity contribution in [2.45, 2.75) is 18.1 Å². The maximum absolute atomic E-state index is 12.1. The minimum Gasteiger partial charge on any atom is -0.317 e. The summed E-state index contributed by atoms with van der Waals surface area (Å²) in [5.74, 6) is 0. The van der Waals surface area contributed by atoms with E-state index in [4.69, 9.17) is 11.6 Å². The van der Waals surface area contributed by atoms with Crippen molar-refractivity contribution in [2.24, 2.45) is 0 Å². The fourth-order valence-electron chi connectivity index (χ4n) is 1.89. The SMILES string of the molecule is O=S(=O)(Nc1ccccc1Cl)C1CCNCC1. The van der Waals surface area contributed by atoms with Crippen molar-refractivity contribution in [3.8, 4) is 0 Å². The summed E-state index contributed by atoms with van der Waals surface area (Å²) in [7, 11) is -3.33. The highest BCUT2D eigenvalue weighted by molar-refractivity contribution is 7.93. The van der Waals surface area contributed by atoms with Gasteiger partial charge in [-0.15, -0.1) is 0 Å². The van der Waals surface area contributed by atoms with Gasteiger partial charge in [0.05, 0.1) is 16.0 Å². The average Bonchev–Trinajstić information content (AvgIpc) is 2.33. The molecule has 0 aromatic heterocycles. The van der Waals surface area contributed by atoms with Crippen molar-refractivity contribution in [1.82, 2.24) is 5.32 Å². The summed E-state index contributed by atoms with van der Waals surface area (Å²) in [6.07, 6.45) is 1.28. The fourth-order valence-corrected chi connectivity index (χ4v) is 3.63. The second-order valence-electron chi connectivity index (χ2n) is 4.08. The van der Waals surface area contributed by atoms with Crippen LogP contribution < -0.4 is 10.0 Å². The third kappa shape index (κ3) is 3.12. The molecule has 0 radical (unpaired) electrons. The molecule has 1 aromatic carbocycles. The number of piperidine rings is 1. The van der Waals surface area contributed by atoms with Crippen LogP contribution in [0.1, 0.15) is 12.8 Å². The molecule has 2 rings (SSSR count). The topological polar surface area (TPSA) is 58.2 Å². The molecule has 4 nitrogen and oxygen atoms in total. The van der Waals surface area contributed by atoms with E-state index in [1.807, 2.05) is 0 Å². The van der Waals surface area contributed by atoms with E-state index in [-0.39, 0.29) is 5.25 Å². The van der Waals surface area contributed by atoms with Crippen molar-refractivity contribution in [3.63, 3.8) is 0 Å². The second kappa shape index (κ2) is 5.25. The van der Waals surface area contributed by atoms with Gasteiger partial charge in [0.1, 0.15) is 0 Å². The first-order chi connectivity index (χ1) is 8.09. The standard InChI is InChI=1S/C11H15ClN2O2S/c12-10-3-1-2-4-11(10)14-17(15,16)9-5-7-13-8-6-9/h1-4,9,13-14H,5-8H2. The monoisotopic (exact) mass is 274 g/mol. The molecule has 94 valence electrons. The molecule has 1 aromatic rings. The van der Waals surface area contributed by atoms with Gasteiger partial charge < -0.3 is 5.32 Å². The van der Waals surface area contributed by atoms with Gasteiger partial charge in [0.2, 0.25) is 10.0 Å². The van der Waals surface area contributed by atoms with Crippen molar-refractivity contribution in [1.29, 1.82) is 0 Å². The quantitative estimate of drug-likeness (QED) is 0.884. The highest BCUT2D eigenvalue weighted by atomic mass is 35.5. The van der Waals surface area contributed by atoms with E-state index in [9.17, 15) is 8.42 Å². The minimum absolute atomic E-state index is 0.333. The Morgan fingerprint density at radius 1 is 1.24 bits per heavy atom. The third-order valence-electron chi connectivity index (χ3n) is 2.85. The first-order valence-corrected chi connectivity index (χ1v) is 7.49. The molecule has 6 heteroatoms. The Hall–Kier alpha value is -0.780. The zero-order chi connectivity index (χ0) is 12.3. The molecular weight excluding hydrogens is 260 g/mol. The van der Waals surface area contributed by atoms with E-state index in [2.05, 4.69) is 10.0 Å². The Morgan fingerprint density at radius 2 is 1.88 bits per heavy atom. The van der Waals surface area contributed by atoms with E-state index in [0.717, 1.165) is 13.1 Å². The van der Waals surface area contributed by atoms with Gasteiger partial charge in [-0.2, -0.15) is 0 Å². The van der Waals surface area contributed by atoms with Crippen molar-refractivity contribution < 1.29 is 8.42 Å². The molecular formula is C11H15ClN2O2S. The van der Waals surface area contributed by atoms with E-state index < -0.39 is 10.0 Å². The van der Waals surface area contributed by atoms with Crippen LogP contribution in [0, 0.1) is 0 Å². The predicted octanol–water partition coefficient (Wildman–Crippen LogP) is 1.83. The Labute approximate surface area is 106 Å². The Balaban J connectivity index is 2.14. The maximum Gasteiger partial charge on any atom is 0.235 e. The fraction of sp³-hybridized carbons (Fsp3) is 0.455. The predicted molar refractivity (Wildman–Crippen MR) is 69.9 cm³/mol. The van der Waals surface area contributed by atoms with Gasteiger partial charge in [0.25, 0.3) is 0 Å². The van der Waals surface area contributed by atoms with Crippen LogP contribution in [0.2, 0.25) is 5.02 Å². The number of sulfonamides is 1. The van der Waals surface area contributed by atoms with Crippen LogP contribution in [0.25, 0.3) is 0 Å².